The van der Waals surface area contributed by atoms with E-state index in [4.69, 9.17) is 0 Å². The van der Waals surface area contributed by atoms with E-state index < -0.39 is 6.02 Å². The van der Waals surface area contributed by atoms with Crippen molar-refractivity contribution in [1.29, 1.82) is 0 Å². The minimum Gasteiger partial charge on any atom is -0.842 e. The summed E-state index contributed by atoms with van der Waals surface area (Å²) in [4.78, 5) is 11.1. The smallest absolute Gasteiger partial charge is 0.448 e. The molecule has 2 rings (SSSR count). The van der Waals surface area contributed by atoms with Gasteiger partial charge in [-0.05, 0) is 13.8 Å². The molecule has 2 aliphatic rings. The van der Waals surface area contributed by atoms with E-state index >= 15 is 0 Å². The van der Waals surface area contributed by atoms with E-state index in [0.29, 0.717) is 0 Å². The standard InChI is InChI=1S/C6H9N3O2/c1-3-4(2)9(3)6(11)7-5(10)8-9/h3-4H,1-2H3,(H-,7,8,10,11)/t3-,4-/m1/s1. The molecule has 0 aromatic carbocycles. The quantitative estimate of drug-likeness (QED) is 0.358. The second-order valence-corrected chi connectivity index (χ2v) is 3.05. The Hall–Kier alpha value is -1.10. The van der Waals surface area contributed by atoms with Crippen LogP contribution in [0, 0.1) is 0 Å². The van der Waals surface area contributed by atoms with Crippen molar-refractivity contribution in [2.75, 3.05) is 0 Å². The lowest BCUT2D eigenvalue weighted by Gasteiger charge is -2.00. The topological polar surface area (TPSA) is 64.5 Å². The van der Waals surface area contributed by atoms with Gasteiger partial charge in [-0.3, -0.25) is 5.32 Å². The van der Waals surface area contributed by atoms with Crippen LogP contribution in [0.3, 0.4) is 0 Å². The Bertz CT molecular complexity index is 253. The van der Waals surface area contributed by atoms with E-state index in [1.165, 1.54) is 0 Å². The van der Waals surface area contributed by atoms with Crippen molar-refractivity contribution < 1.29 is 14.5 Å². The van der Waals surface area contributed by atoms with Crippen LogP contribution in [0.4, 0.5) is 4.79 Å². The molecule has 0 aromatic rings. The average Bonchev–Trinajstić information content (AvgIpc) is 2.36. The summed E-state index contributed by atoms with van der Waals surface area (Å²) in [6.07, 6.45) is 0. The molecule has 2 atom stereocenters. The number of amidine groups is 1. The molecule has 2 aliphatic heterocycles. The van der Waals surface area contributed by atoms with Crippen LogP contribution in [-0.2, 0) is 0 Å². The molecule has 1 spiro atoms. The fourth-order valence-corrected chi connectivity index (χ4v) is 1.62. The summed E-state index contributed by atoms with van der Waals surface area (Å²) in [7, 11) is 0. The highest BCUT2D eigenvalue weighted by Crippen LogP contribution is 2.41. The van der Waals surface area contributed by atoms with Gasteiger partial charge in [0.15, 0.2) is 12.1 Å². The van der Waals surface area contributed by atoms with Gasteiger partial charge < -0.3 is 5.11 Å². The molecule has 2 amide bonds. The number of quaternary nitrogens is 1. The fourth-order valence-electron chi connectivity index (χ4n) is 1.62. The molecule has 1 N–H and O–H groups in total. The van der Waals surface area contributed by atoms with Gasteiger partial charge in [0.25, 0.3) is 0 Å². The Labute approximate surface area is 63.9 Å². The number of carbonyl (C=O) groups excluding carboxylic acids is 1. The Morgan fingerprint density at radius 2 is 2.09 bits per heavy atom. The summed E-state index contributed by atoms with van der Waals surface area (Å²) in [5.41, 5.74) is 0. The lowest BCUT2D eigenvalue weighted by Crippen LogP contribution is -2.37. The first-order chi connectivity index (χ1) is 5.09. The number of carbonyl (C=O) groups is 1. The predicted molar refractivity (Wildman–Crippen MR) is 35.2 cm³/mol. The number of urea groups is 1. The molecular weight excluding hydrogens is 146 g/mol. The van der Waals surface area contributed by atoms with Gasteiger partial charge in [0.05, 0.1) is 0 Å². The first-order valence-corrected chi connectivity index (χ1v) is 3.56. The maximum atomic E-state index is 11.1. The number of amides is 2. The molecule has 1 saturated heterocycles. The second kappa shape index (κ2) is 1.55. The lowest BCUT2D eigenvalue weighted by molar-refractivity contribution is -0.742. The summed E-state index contributed by atoms with van der Waals surface area (Å²) in [6, 6.07) is -0.482. The van der Waals surface area contributed by atoms with Gasteiger partial charge in [0.1, 0.15) is 6.02 Å². The molecule has 1 fully saturated rings. The summed E-state index contributed by atoms with van der Waals surface area (Å²) < 4.78 is -0.0289. The first-order valence-electron chi connectivity index (χ1n) is 3.56. The normalized spacial score (nSPS) is 47.5. The predicted octanol–water partition coefficient (Wildman–Crippen LogP) is -1.05. The van der Waals surface area contributed by atoms with E-state index in [1.54, 1.807) is 0 Å². The summed E-state index contributed by atoms with van der Waals surface area (Å²) in [6.45, 7) is 3.82. The van der Waals surface area contributed by atoms with Crippen molar-refractivity contribution in [2.24, 2.45) is 5.10 Å². The van der Waals surface area contributed by atoms with E-state index in [9.17, 15) is 9.90 Å². The third-order valence-corrected chi connectivity index (χ3v) is 2.65. The molecular formula is C6H9N3O2. The maximum absolute atomic E-state index is 11.1. The highest BCUT2D eigenvalue weighted by atomic mass is 16.3. The number of nitrogens with zero attached hydrogens (tertiary/aromatic N) is 2. The van der Waals surface area contributed by atoms with Crippen LogP contribution in [0.15, 0.2) is 5.10 Å². The molecule has 2 heterocycles. The minimum absolute atomic E-state index is 0.0289. The summed E-state index contributed by atoms with van der Waals surface area (Å²) >= 11 is 0. The van der Waals surface area contributed by atoms with Crippen LogP contribution in [0.2, 0.25) is 0 Å². The van der Waals surface area contributed by atoms with E-state index in [1.807, 2.05) is 13.8 Å². The zero-order valence-electron chi connectivity index (χ0n) is 6.37. The van der Waals surface area contributed by atoms with E-state index in [-0.39, 0.29) is 22.7 Å². The third kappa shape index (κ3) is 0.544. The highest BCUT2D eigenvalue weighted by molar-refractivity contribution is 5.91. The van der Waals surface area contributed by atoms with Crippen LogP contribution in [0.5, 0.6) is 0 Å². The first kappa shape index (κ1) is 6.60. The van der Waals surface area contributed by atoms with Gasteiger partial charge in [-0.2, -0.15) is 0 Å². The number of hydrogen-bond donors (Lipinski definition) is 1. The SMILES string of the molecule is C[C@@H]1[C@@H](C)[N+]12N=C([O-])NC2=O. The zero-order chi connectivity index (χ0) is 8.22. The second-order valence-electron chi connectivity index (χ2n) is 3.05. The fraction of sp³-hybridized carbons (Fsp3) is 0.667. The van der Waals surface area contributed by atoms with Gasteiger partial charge in [-0.25, -0.2) is 4.79 Å². The van der Waals surface area contributed by atoms with Crippen molar-refractivity contribution in [3.8, 4) is 0 Å². The highest BCUT2D eigenvalue weighted by Gasteiger charge is 2.70. The van der Waals surface area contributed by atoms with Gasteiger partial charge in [-0.1, -0.05) is 5.10 Å². The molecule has 0 aromatic heterocycles. The van der Waals surface area contributed by atoms with Crippen molar-refractivity contribution >= 4 is 12.1 Å². The van der Waals surface area contributed by atoms with Crippen LogP contribution in [0.25, 0.3) is 0 Å². The van der Waals surface area contributed by atoms with Crippen LogP contribution < -0.4 is 10.4 Å². The van der Waals surface area contributed by atoms with E-state index in [0.717, 1.165) is 0 Å². The van der Waals surface area contributed by atoms with Crippen molar-refractivity contribution in [1.82, 2.24) is 5.32 Å². The van der Waals surface area contributed by atoms with Crippen molar-refractivity contribution in [3.63, 3.8) is 0 Å². The maximum Gasteiger partial charge on any atom is 0.448 e. The number of rotatable bonds is 0. The van der Waals surface area contributed by atoms with Crippen molar-refractivity contribution in [2.45, 2.75) is 25.9 Å². The third-order valence-electron chi connectivity index (χ3n) is 2.65. The van der Waals surface area contributed by atoms with Gasteiger partial charge in [0, 0.05) is 0 Å². The van der Waals surface area contributed by atoms with Gasteiger partial charge >= 0.3 is 6.03 Å². The largest absolute Gasteiger partial charge is 0.842 e. The minimum atomic E-state index is -0.508. The summed E-state index contributed by atoms with van der Waals surface area (Å²) in [5.74, 6) is 0. The van der Waals surface area contributed by atoms with Crippen LogP contribution >= 0.6 is 0 Å². The average molecular weight is 155 g/mol. The Kier molecular flexibility index (Phi) is 0.933. The summed E-state index contributed by atoms with van der Waals surface area (Å²) in [5, 5.41) is 16.6. The Morgan fingerprint density at radius 1 is 1.55 bits per heavy atom. The van der Waals surface area contributed by atoms with Gasteiger partial charge in [-0.15, -0.1) is 4.59 Å². The van der Waals surface area contributed by atoms with E-state index in [2.05, 4.69) is 10.4 Å². The zero-order valence-corrected chi connectivity index (χ0v) is 6.37. The molecule has 5 nitrogen and oxygen atoms in total. The van der Waals surface area contributed by atoms with Crippen LogP contribution in [0.1, 0.15) is 13.8 Å². The molecule has 11 heavy (non-hydrogen) atoms. The number of nitrogens with one attached hydrogen (secondary N) is 1. The monoisotopic (exact) mass is 155 g/mol. The number of hydrogen-bond acceptors (Lipinski definition) is 3. The molecule has 0 aliphatic carbocycles. The van der Waals surface area contributed by atoms with Gasteiger partial charge in [0.2, 0.25) is 0 Å². The van der Waals surface area contributed by atoms with Crippen LogP contribution in [-0.4, -0.2) is 28.7 Å². The molecule has 0 unspecified atom stereocenters. The van der Waals surface area contributed by atoms with Crippen molar-refractivity contribution in [3.05, 3.63) is 0 Å². The molecule has 0 bridgehead atoms. The molecule has 0 saturated carbocycles. The molecule has 5 heteroatoms. The Morgan fingerprint density at radius 3 is 2.27 bits per heavy atom. The molecule has 60 valence electrons. The molecule has 0 radical (unpaired) electrons. The Balaban J connectivity index is 2.36. The lowest BCUT2D eigenvalue weighted by atomic mass is 10.4.